The van der Waals surface area contributed by atoms with E-state index in [9.17, 15) is 27.2 Å². The normalized spacial score (nSPS) is 12.8. The lowest BCUT2D eigenvalue weighted by atomic mass is 10.1. The van der Waals surface area contributed by atoms with Crippen molar-refractivity contribution in [1.82, 2.24) is 29.3 Å². The summed E-state index contributed by atoms with van der Waals surface area (Å²) in [6.45, 7) is 6.70. The van der Waals surface area contributed by atoms with E-state index in [1.165, 1.54) is 40.6 Å². The number of aryl methyl sites for hydroxylation is 1. The molecule has 1 aliphatic carbocycles. The first kappa shape index (κ1) is 34.2. The summed E-state index contributed by atoms with van der Waals surface area (Å²) in [7, 11) is 0. The zero-order chi connectivity index (χ0) is 33.6. The molecule has 0 fully saturated rings. The Morgan fingerprint density at radius 1 is 0.936 bits per heavy atom. The van der Waals surface area contributed by atoms with Gasteiger partial charge in [0.05, 0.1) is 11.3 Å². The number of thioether (sulfide) groups is 1. The summed E-state index contributed by atoms with van der Waals surface area (Å²) in [6.07, 6.45) is 0.841. The molecular weight excluding hydrogens is 632 g/mol. The van der Waals surface area contributed by atoms with Gasteiger partial charge in [-0.25, -0.2) is 19.3 Å². The third-order valence-corrected chi connectivity index (χ3v) is 9.26. The third kappa shape index (κ3) is 8.63. The van der Waals surface area contributed by atoms with Crippen LogP contribution in [0.2, 0.25) is 0 Å². The molecule has 0 spiro atoms. The number of hydrogen-bond donors (Lipinski definition) is 0. The van der Waals surface area contributed by atoms with E-state index in [1.54, 1.807) is 29.4 Å². The summed E-state index contributed by atoms with van der Waals surface area (Å²) in [5.74, 6) is 0.117. The SMILES string of the molecule is CCN(CC)CCN(Cc1cnc(-c2ccc(C(F)(F)F)cc2)nc1)C(=O)Cn1c(SCc2ccc(F)cc2)nc2c(c1=O)CCC2. The fraction of sp³-hybridized carbons (Fsp3) is 0.382. The second kappa shape index (κ2) is 15.2. The van der Waals surface area contributed by atoms with E-state index in [1.807, 2.05) is 13.8 Å². The molecule has 248 valence electrons. The molecule has 2 aromatic carbocycles. The summed E-state index contributed by atoms with van der Waals surface area (Å²) in [6, 6.07) is 10.8. The standard InChI is InChI=1S/C34H36F4N6O2S/c1-3-42(4-2)16-17-43(20-24-18-39-31(40-19-24)25-10-12-26(13-11-25)34(36,37)38)30(45)21-44-32(46)28-6-5-7-29(28)41-33(44)47-22-23-8-14-27(35)15-9-23/h8-15,18-19H,3-7,16-17,20-22H2,1-2H3. The number of aromatic nitrogens is 4. The molecule has 0 bridgehead atoms. The van der Waals surface area contributed by atoms with Crippen LogP contribution in [0, 0.1) is 5.82 Å². The van der Waals surface area contributed by atoms with Crippen LogP contribution in [0.4, 0.5) is 17.6 Å². The zero-order valence-corrected chi connectivity index (χ0v) is 27.1. The van der Waals surface area contributed by atoms with Crippen molar-refractivity contribution in [2.75, 3.05) is 26.2 Å². The number of carbonyl (C=O) groups is 1. The average molecular weight is 669 g/mol. The molecule has 0 N–H and O–H groups in total. The zero-order valence-electron chi connectivity index (χ0n) is 26.3. The molecule has 0 unspecified atom stereocenters. The first-order chi connectivity index (χ1) is 22.5. The molecule has 2 aromatic heterocycles. The van der Waals surface area contributed by atoms with Crippen LogP contribution in [-0.2, 0) is 42.7 Å². The lowest BCUT2D eigenvalue weighted by molar-refractivity contribution is -0.137. The van der Waals surface area contributed by atoms with E-state index in [2.05, 4.69) is 14.9 Å². The van der Waals surface area contributed by atoms with E-state index >= 15 is 0 Å². The monoisotopic (exact) mass is 668 g/mol. The van der Waals surface area contributed by atoms with Crippen molar-refractivity contribution in [3.63, 3.8) is 0 Å². The van der Waals surface area contributed by atoms with Crippen LogP contribution >= 0.6 is 11.8 Å². The molecule has 0 saturated carbocycles. The maximum Gasteiger partial charge on any atom is 0.416 e. The molecule has 1 amide bonds. The lowest BCUT2D eigenvalue weighted by Crippen LogP contribution is -2.42. The summed E-state index contributed by atoms with van der Waals surface area (Å²) in [5, 5.41) is 0.446. The van der Waals surface area contributed by atoms with E-state index in [-0.39, 0.29) is 36.2 Å². The molecule has 8 nitrogen and oxygen atoms in total. The lowest BCUT2D eigenvalue weighted by Gasteiger charge is -2.27. The fourth-order valence-electron chi connectivity index (χ4n) is 5.43. The number of benzene rings is 2. The third-order valence-electron chi connectivity index (χ3n) is 8.21. The Balaban J connectivity index is 1.37. The number of halogens is 4. The first-order valence-corrected chi connectivity index (χ1v) is 16.5. The highest BCUT2D eigenvalue weighted by atomic mass is 32.2. The summed E-state index contributed by atoms with van der Waals surface area (Å²) in [5.41, 5.74) is 2.39. The van der Waals surface area contributed by atoms with E-state index in [4.69, 9.17) is 4.98 Å². The van der Waals surface area contributed by atoms with Crippen LogP contribution in [0.15, 0.2) is 70.9 Å². The Bertz CT molecular complexity index is 1720. The average Bonchev–Trinajstić information content (AvgIpc) is 3.55. The molecule has 47 heavy (non-hydrogen) atoms. The van der Waals surface area contributed by atoms with Gasteiger partial charge in [0.1, 0.15) is 12.4 Å². The van der Waals surface area contributed by atoms with Gasteiger partial charge in [-0.05, 0) is 62.2 Å². The van der Waals surface area contributed by atoms with Crippen molar-refractivity contribution in [3.05, 3.63) is 105 Å². The molecule has 0 atom stereocenters. The van der Waals surface area contributed by atoms with Crippen LogP contribution in [-0.4, -0.2) is 61.4 Å². The van der Waals surface area contributed by atoms with Gasteiger partial charge in [-0.3, -0.25) is 14.2 Å². The highest BCUT2D eigenvalue weighted by molar-refractivity contribution is 7.98. The second-order valence-electron chi connectivity index (χ2n) is 11.3. The Labute approximate surface area is 274 Å². The molecule has 5 rings (SSSR count). The Hall–Kier alpha value is -4.10. The van der Waals surface area contributed by atoms with Gasteiger partial charge >= 0.3 is 6.18 Å². The number of fused-ring (bicyclic) bond motifs is 1. The van der Waals surface area contributed by atoms with Crippen LogP contribution in [0.5, 0.6) is 0 Å². The maximum atomic E-state index is 14.0. The van der Waals surface area contributed by atoms with E-state index in [0.717, 1.165) is 42.9 Å². The van der Waals surface area contributed by atoms with Crippen molar-refractivity contribution in [2.24, 2.45) is 0 Å². The van der Waals surface area contributed by atoms with Gasteiger partial charge in [-0.1, -0.05) is 49.9 Å². The first-order valence-electron chi connectivity index (χ1n) is 15.5. The van der Waals surface area contributed by atoms with E-state index in [0.29, 0.717) is 53.5 Å². The molecule has 0 aliphatic heterocycles. The summed E-state index contributed by atoms with van der Waals surface area (Å²) in [4.78, 5) is 45.0. The minimum absolute atomic E-state index is 0.179. The number of alkyl halides is 3. The molecule has 2 heterocycles. The van der Waals surface area contributed by atoms with Gasteiger partial charge in [0.25, 0.3) is 5.56 Å². The molecule has 4 aromatic rings. The van der Waals surface area contributed by atoms with Crippen molar-refractivity contribution in [3.8, 4) is 11.4 Å². The number of hydrogen-bond acceptors (Lipinski definition) is 7. The number of amides is 1. The predicted molar refractivity (Wildman–Crippen MR) is 172 cm³/mol. The molecule has 13 heteroatoms. The van der Waals surface area contributed by atoms with Crippen LogP contribution < -0.4 is 5.56 Å². The molecule has 1 aliphatic rings. The van der Waals surface area contributed by atoms with Crippen molar-refractivity contribution in [2.45, 2.75) is 63.3 Å². The Morgan fingerprint density at radius 3 is 2.26 bits per heavy atom. The summed E-state index contributed by atoms with van der Waals surface area (Å²) >= 11 is 1.34. The molecule has 0 radical (unpaired) electrons. The second-order valence-corrected chi connectivity index (χ2v) is 12.3. The highest BCUT2D eigenvalue weighted by Gasteiger charge is 2.30. The smallest absolute Gasteiger partial charge is 0.335 e. The predicted octanol–water partition coefficient (Wildman–Crippen LogP) is 6.01. The van der Waals surface area contributed by atoms with Crippen LogP contribution in [0.3, 0.4) is 0 Å². The van der Waals surface area contributed by atoms with Crippen molar-refractivity contribution >= 4 is 17.7 Å². The van der Waals surface area contributed by atoms with Gasteiger partial charge in [0.15, 0.2) is 11.0 Å². The van der Waals surface area contributed by atoms with Crippen molar-refractivity contribution < 1.29 is 22.4 Å². The minimum atomic E-state index is -4.44. The topological polar surface area (TPSA) is 84.2 Å². The van der Waals surface area contributed by atoms with Crippen LogP contribution in [0.1, 0.15) is 48.2 Å². The van der Waals surface area contributed by atoms with E-state index < -0.39 is 11.7 Å². The molecular formula is C34H36F4N6O2S. The number of rotatable bonds is 13. The highest BCUT2D eigenvalue weighted by Crippen LogP contribution is 2.30. The van der Waals surface area contributed by atoms with Gasteiger partial charge in [0.2, 0.25) is 5.91 Å². The number of carbonyl (C=O) groups excluding carboxylic acids is 1. The fourth-order valence-corrected chi connectivity index (χ4v) is 6.39. The van der Waals surface area contributed by atoms with Crippen molar-refractivity contribution in [1.29, 1.82) is 0 Å². The minimum Gasteiger partial charge on any atom is -0.335 e. The summed E-state index contributed by atoms with van der Waals surface area (Å²) < 4.78 is 53.8. The van der Waals surface area contributed by atoms with Gasteiger partial charge < -0.3 is 9.80 Å². The van der Waals surface area contributed by atoms with Crippen LogP contribution in [0.25, 0.3) is 11.4 Å². The van der Waals surface area contributed by atoms with Gasteiger partial charge in [-0.15, -0.1) is 0 Å². The Morgan fingerprint density at radius 2 is 1.62 bits per heavy atom. The van der Waals surface area contributed by atoms with Gasteiger partial charge in [0, 0.05) is 54.5 Å². The van der Waals surface area contributed by atoms with Gasteiger partial charge in [-0.2, -0.15) is 13.2 Å². The quantitative estimate of drug-likeness (QED) is 0.0981. The maximum absolute atomic E-state index is 14.0. The number of nitrogens with zero attached hydrogens (tertiary/aromatic N) is 6. The Kier molecular flexibility index (Phi) is 11.1. The largest absolute Gasteiger partial charge is 0.416 e. The molecule has 0 saturated heterocycles. The number of likely N-dealkylation sites (N-methyl/N-ethyl adjacent to an activating group) is 1.